The zero-order valence-corrected chi connectivity index (χ0v) is 12.4. The molecule has 1 aliphatic heterocycles. The molecule has 0 atom stereocenters. The van der Waals surface area contributed by atoms with E-state index in [-0.39, 0.29) is 17.0 Å². The Morgan fingerprint density at radius 3 is 2.21 bits per heavy atom. The molecule has 0 aromatic carbocycles. The molecule has 5 heteroatoms. The highest BCUT2D eigenvalue weighted by atomic mass is 16.7. The number of aromatic nitrogens is 1. The van der Waals surface area contributed by atoms with Crippen LogP contribution in [0, 0.1) is 6.92 Å². The summed E-state index contributed by atoms with van der Waals surface area (Å²) >= 11 is 0. The van der Waals surface area contributed by atoms with Gasteiger partial charge in [-0.2, -0.15) is 0 Å². The molecule has 0 radical (unpaired) electrons. The van der Waals surface area contributed by atoms with Crippen LogP contribution in [0.1, 0.15) is 50.7 Å². The van der Waals surface area contributed by atoms with Gasteiger partial charge in [-0.25, -0.2) is 0 Å². The molecule has 4 nitrogen and oxygen atoms in total. The largest absolute Gasteiger partial charge is 0.495 e. The van der Waals surface area contributed by atoms with Crippen molar-refractivity contribution in [2.75, 3.05) is 0 Å². The first-order valence-electron chi connectivity index (χ1n) is 6.47. The lowest BCUT2D eigenvalue weighted by atomic mass is 9.76. The van der Waals surface area contributed by atoms with E-state index in [0.717, 1.165) is 11.0 Å². The summed E-state index contributed by atoms with van der Waals surface area (Å²) < 4.78 is 12.0. The molecule has 0 unspecified atom stereocenters. The Bertz CT molecular complexity index is 509. The smallest absolute Gasteiger partial charge is 0.399 e. The van der Waals surface area contributed by atoms with Crippen molar-refractivity contribution in [2.45, 2.75) is 52.7 Å². The number of carbonyl (C=O) groups is 1. The highest BCUT2D eigenvalue weighted by Crippen LogP contribution is 2.36. The minimum absolute atomic E-state index is 0.0576. The Hall–Kier alpha value is -1.20. The highest BCUT2D eigenvalue weighted by Gasteiger charge is 2.52. The normalized spacial score (nSPS) is 20.6. The number of carbonyl (C=O) groups excluding carboxylic acids is 1. The number of aryl methyl sites for hydroxylation is 1. The molecule has 0 aliphatic carbocycles. The average Bonchev–Trinajstić information content (AvgIpc) is 2.48. The summed E-state index contributed by atoms with van der Waals surface area (Å²) in [6.45, 7) is 11.5. The minimum Gasteiger partial charge on any atom is -0.399 e. The Kier molecular flexibility index (Phi) is 3.31. The van der Waals surface area contributed by atoms with Gasteiger partial charge in [0.2, 0.25) is 0 Å². The summed E-state index contributed by atoms with van der Waals surface area (Å²) in [6.07, 6.45) is 1.69. The number of pyridine rings is 1. The Balaban J connectivity index is 2.39. The second-order valence-electron chi connectivity index (χ2n) is 6.07. The van der Waals surface area contributed by atoms with Crippen molar-refractivity contribution in [1.82, 2.24) is 4.98 Å². The molecule has 19 heavy (non-hydrogen) atoms. The molecule has 2 heterocycles. The van der Waals surface area contributed by atoms with E-state index in [1.165, 1.54) is 6.92 Å². The van der Waals surface area contributed by atoms with E-state index in [1.807, 2.05) is 34.6 Å². The van der Waals surface area contributed by atoms with Crippen LogP contribution in [0.25, 0.3) is 0 Å². The van der Waals surface area contributed by atoms with Crippen molar-refractivity contribution in [1.29, 1.82) is 0 Å². The van der Waals surface area contributed by atoms with Gasteiger partial charge in [-0.1, -0.05) is 0 Å². The number of Topliss-reactive ketones (excluding diaryl/α,β-unsaturated/α-hetero) is 1. The minimum atomic E-state index is -0.453. The van der Waals surface area contributed by atoms with Crippen LogP contribution in [0.2, 0.25) is 0 Å². The van der Waals surface area contributed by atoms with Gasteiger partial charge in [0.25, 0.3) is 0 Å². The molecule has 102 valence electrons. The molecule has 1 fully saturated rings. The first-order valence-corrected chi connectivity index (χ1v) is 6.47. The Morgan fingerprint density at radius 1 is 1.21 bits per heavy atom. The van der Waals surface area contributed by atoms with Gasteiger partial charge in [0, 0.05) is 13.1 Å². The van der Waals surface area contributed by atoms with Crippen LogP contribution in [-0.4, -0.2) is 29.1 Å². The van der Waals surface area contributed by atoms with Crippen molar-refractivity contribution < 1.29 is 14.1 Å². The van der Waals surface area contributed by atoms with Gasteiger partial charge in [-0.05, 0) is 51.7 Å². The van der Waals surface area contributed by atoms with Gasteiger partial charge < -0.3 is 9.31 Å². The van der Waals surface area contributed by atoms with E-state index >= 15 is 0 Å². The maximum Gasteiger partial charge on any atom is 0.495 e. The zero-order chi connectivity index (χ0) is 14.4. The topological polar surface area (TPSA) is 48.4 Å². The van der Waals surface area contributed by atoms with Gasteiger partial charge >= 0.3 is 7.12 Å². The van der Waals surface area contributed by atoms with Crippen LogP contribution >= 0.6 is 0 Å². The Morgan fingerprint density at radius 2 is 1.74 bits per heavy atom. The predicted octanol–water partition coefficient (Wildman–Crippen LogP) is 1.89. The Labute approximate surface area is 114 Å². The lowest BCUT2D eigenvalue weighted by Gasteiger charge is -2.32. The molecule has 1 aromatic heterocycles. The molecule has 1 saturated heterocycles. The SMILES string of the molecule is CC(=O)c1cc(B2OC(C)(C)C(C)(C)O2)c(C)cn1. The lowest BCUT2D eigenvalue weighted by molar-refractivity contribution is 0.00578. The highest BCUT2D eigenvalue weighted by molar-refractivity contribution is 6.62. The molecule has 1 aromatic rings. The van der Waals surface area contributed by atoms with Crippen LogP contribution in [0.15, 0.2) is 12.3 Å². The van der Waals surface area contributed by atoms with E-state index in [1.54, 1.807) is 12.3 Å². The summed E-state index contributed by atoms with van der Waals surface area (Å²) in [5, 5.41) is 0. The van der Waals surface area contributed by atoms with E-state index in [2.05, 4.69) is 4.98 Å². The summed E-state index contributed by atoms with van der Waals surface area (Å²) in [6, 6.07) is 1.76. The number of hydrogen-bond donors (Lipinski definition) is 0. The van der Waals surface area contributed by atoms with Crippen molar-refractivity contribution in [3.8, 4) is 0 Å². The summed E-state index contributed by atoms with van der Waals surface area (Å²) in [5.74, 6) is -0.0576. The third-order valence-corrected chi connectivity index (χ3v) is 4.01. The van der Waals surface area contributed by atoms with E-state index in [4.69, 9.17) is 9.31 Å². The fourth-order valence-electron chi connectivity index (χ4n) is 1.96. The maximum atomic E-state index is 11.4. The lowest BCUT2D eigenvalue weighted by Crippen LogP contribution is -2.41. The fourth-order valence-corrected chi connectivity index (χ4v) is 1.96. The van der Waals surface area contributed by atoms with Crippen molar-refractivity contribution in [2.24, 2.45) is 0 Å². The molecule has 0 bridgehead atoms. The summed E-state index contributed by atoms with van der Waals surface area (Å²) in [5.41, 5.74) is 1.51. The molecule has 0 spiro atoms. The molecular formula is C14H20BNO3. The number of nitrogens with zero attached hydrogens (tertiary/aromatic N) is 1. The van der Waals surface area contributed by atoms with Gasteiger partial charge in [-0.15, -0.1) is 0 Å². The van der Waals surface area contributed by atoms with Crippen molar-refractivity contribution in [3.63, 3.8) is 0 Å². The van der Waals surface area contributed by atoms with Gasteiger partial charge in [-0.3, -0.25) is 9.78 Å². The van der Waals surface area contributed by atoms with Gasteiger partial charge in [0.1, 0.15) is 5.69 Å². The van der Waals surface area contributed by atoms with Crippen molar-refractivity contribution in [3.05, 3.63) is 23.5 Å². The third-order valence-electron chi connectivity index (χ3n) is 4.01. The van der Waals surface area contributed by atoms with Crippen LogP contribution < -0.4 is 5.46 Å². The van der Waals surface area contributed by atoms with Crippen LogP contribution in [0.5, 0.6) is 0 Å². The first kappa shape index (κ1) is 14.2. The monoisotopic (exact) mass is 261 g/mol. The maximum absolute atomic E-state index is 11.4. The summed E-state index contributed by atoms with van der Waals surface area (Å²) in [7, 11) is -0.453. The van der Waals surface area contributed by atoms with E-state index < -0.39 is 7.12 Å². The van der Waals surface area contributed by atoms with Crippen molar-refractivity contribution >= 4 is 18.4 Å². The third kappa shape index (κ3) is 2.45. The quantitative estimate of drug-likeness (QED) is 0.602. The standard InChI is InChI=1S/C14H20BNO3/c1-9-8-16-12(10(2)17)7-11(9)15-18-13(3,4)14(5,6)19-15/h7-8H,1-6H3. The summed E-state index contributed by atoms with van der Waals surface area (Å²) in [4.78, 5) is 15.6. The number of rotatable bonds is 2. The van der Waals surface area contributed by atoms with Gasteiger partial charge in [0.05, 0.1) is 11.2 Å². The second-order valence-corrected chi connectivity index (χ2v) is 6.07. The van der Waals surface area contributed by atoms with Gasteiger partial charge in [0.15, 0.2) is 5.78 Å². The van der Waals surface area contributed by atoms with Crippen LogP contribution in [-0.2, 0) is 9.31 Å². The second kappa shape index (κ2) is 4.42. The van der Waals surface area contributed by atoms with Crippen LogP contribution in [0.3, 0.4) is 0 Å². The predicted molar refractivity (Wildman–Crippen MR) is 74.7 cm³/mol. The molecule has 0 amide bonds. The van der Waals surface area contributed by atoms with E-state index in [0.29, 0.717) is 5.69 Å². The molecule has 1 aliphatic rings. The molecule has 0 saturated carbocycles. The van der Waals surface area contributed by atoms with E-state index in [9.17, 15) is 4.79 Å². The zero-order valence-electron chi connectivity index (χ0n) is 12.4. The average molecular weight is 261 g/mol. The molecule has 2 rings (SSSR count). The molecule has 0 N–H and O–H groups in total. The van der Waals surface area contributed by atoms with Crippen LogP contribution in [0.4, 0.5) is 0 Å². The molecular weight excluding hydrogens is 241 g/mol. The number of hydrogen-bond acceptors (Lipinski definition) is 4. The first-order chi connectivity index (χ1) is 8.64. The fraction of sp³-hybridized carbons (Fsp3) is 0.571. The number of ketones is 1.